The summed E-state index contributed by atoms with van der Waals surface area (Å²) in [5.41, 5.74) is 9.06. The van der Waals surface area contributed by atoms with Gasteiger partial charge < -0.3 is 10.5 Å². The molecule has 130 valence electrons. The summed E-state index contributed by atoms with van der Waals surface area (Å²) < 4.78 is 19.8. The van der Waals surface area contributed by atoms with Gasteiger partial charge in [0.05, 0.1) is 18.5 Å². The van der Waals surface area contributed by atoms with Crippen molar-refractivity contribution in [1.82, 2.24) is 20.0 Å². The number of rotatable bonds is 4. The Hall–Kier alpha value is -3.26. The fraction of sp³-hybridized carbons (Fsp3) is 0.0556. The van der Waals surface area contributed by atoms with Crippen LogP contribution >= 0.6 is 11.3 Å². The van der Waals surface area contributed by atoms with E-state index in [0.29, 0.717) is 22.3 Å². The average Bonchev–Trinajstić information content (AvgIpc) is 3.29. The van der Waals surface area contributed by atoms with Crippen molar-refractivity contribution in [2.75, 3.05) is 12.8 Å². The summed E-state index contributed by atoms with van der Waals surface area (Å²) in [6, 6.07) is 13.6. The van der Waals surface area contributed by atoms with E-state index < -0.39 is 0 Å². The Labute approximate surface area is 152 Å². The number of halogens is 1. The normalized spacial score (nSPS) is 10.8. The standard InChI is InChI=1S/C18H14FN5OS/c1-25-14-4-2-3-13(9-14)24-17(20)16(22-23-24)18-21-15(10-26-18)11-5-7-12(19)8-6-11/h2-10H,20H2,1H3. The van der Waals surface area contributed by atoms with Crippen LogP contribution in [0.25, 0.3) is 27.6 Å². The zero-order valence-corrected chi connectivity index (χ0v) is 14.6. The summed E-state index contributed by atoms with van der Waals surface area (Å²) in [5, 5.41) is 10.8. The van der Waals surface area contributed by atoms with Gasteiger partial charge in [0.25, 0.3) is 0 Å². The first-order valence-electron chi connectivity index (χ1n) is 7.73. The maximum Gasteiger partial charge on any atom is 0.165 e. The molecule has 0 spiro atoms. The molecule has 0 aliphatic heterocycles. The molecule has 2 N–H and O–H groups in total. The van der Waals surface area contributed by atoms with Crippen LogP contribution in [-0.4, -0.2) is 27.1 Å². The number of nitrogens with two attached hydrogens (primary N) is 1. The second-order valence-electron chi connectivity index (χ2n) is 5.48. The van der Waals surface area contributed by atoms with Crippen molar-refractivity contribution in [3.8, 4) is 33.4 Å². The Morgan fingerprint density at radius 3 is 2.73 bits per heavy atom. The van der Waals surface area contributed by atoms with E-state index in [0.717, 1.165) is 16.9 Å². The number of ether oxygens (including phenoxy) is 1. The number of nitrogen functional groups attached to an aromatic ring is 1. The quantitative estimate of drug-likeness (QED) is 0.594. The third kappa shape index (κ3) is 2.91. The van der Waals surface area contributed by atoms with Crippen LogP contribution < -0.4 is 10.5 Å². The summed E-state index contributed by atoms with van der Waals surface area (Å²) in [6.45, 7) is 0. The summed E-state index contributed by atoms with van der Waals surface area (Å²) >= 11 is 1.41. The van der Waals surface area contributed by atoms with E-state index in [-0.39, 0.29) is 5.82 Å². The van der Waals surface area contributed by atoms with Crippen molar-refractivity contribution in [3.05, 3.63) is 59.7 Å². The molecule has 0 aliphatic rings. The number of benzene rings is 2. The van der Waals surface area contributed by atoms with Crippen molar-refractivity contribution in [3.63, 3.8) is 0 Å². The number of hydrogen-bond acceptors (Lipinski definition) is 6. The van der Waals surface area contributed by atoms with Gasteiger partial charge in [-0.25, -0.2) is 9.37 Å². The number of thiazole rings is 1. The molecule has 8 heteroatoms. The lowest BCUT2D eigenvalue weighted by Crippen LogP contribution is -2.02. The molecule has 4 aromatic rings. The average molecular weight is 367 g/mol. The van der Waals surface area contributed by atoms with Crippen LogP contribution in [0.15, 0.2) is 53.9 Å². The van der Waals surface area contributed by atoms with Crippen LogP contribution in [0.5, 0.6) is 5.75 Å². The second-order valence-corrected chi connectivity index (χ2v) is 6.34. The fourth-order valence-electron chi connectivity index (χ4n) is 2.51. The van der Waals surface area contributed by atoms with Crippen molar-refractivity contribution < 1.29 is 9.13 Å². The van der Waals surface area contributed by atoms with Gasteiger partial charge in [-0.15, -0.1) is 16.4 Å². The molecule has 6 nitrogen and oxygen atoms in total. The minimum absolute atomic E-state index is 0.283. The Kier molecular flexibility index (Phi) is 4.10. The third-order valence-corrected chi connectivity index (χ3v) is 4.70. The van der Waals surface area contributed by atoms with Crippen molar-refractivity contribution >= 4 is 17.2 Å². The van der Waals surface area contributed by atoms with E-state index in [4.69, 9.17) is 10.5 Å². The van der Waals surface area contributed by atoms with E-state index in [9.17, 15) is 4.39 Å². The van der Waals surface area contributed by atoms with E-state index >= 15 is 0 Å². The van der Waals surface area contributed by atoms with Crippen molar-refractivity contribution in [2.45, 2.75) is 0 Å². The monoisotopic (exact) mass is 367 g/mol. The summed E-state index contributed by atoms with van der Waals surface area (Å²) in [5.74, 6) is 0.805. The van der Waals surface area contributed by atoms with Crippen LogP contribution in [0.1, 0.15) is 0 Å². The lowest BCUT2D eigenvalue weighted by molar-refractivity contribution is 0.414. The van der Waals surface area contributed by atoms with Gasteiger partial charge in [0, 0.05) is 17.0 Å². The molecule has 0 saturated heterocycles. The first-order valence-corrected chi connectivity index (χ1v) is 8.61. The van der Waals surface area contributed by atoms with Crippen LogP contribution in [-0.2, 0) is 0 Å². The van der Waals surface area contributed by atoms with Gasteiger partial charge in [0.1, 0.15) is 16.6 Å². The van der Waals surface area contributed by atoms with E-state index in [1.807, 2.05) is 29.6 Å². The van der Waals surface area contributed by atoms with Gasteiger partial charge in [-0.05, 0) is 36.4 Å². The molecule has 2 heterocycles. The fourth-order valence-corrected chi connectivity index (χ4v) is 3.33. The lowest BCUT2D eigenvalue weighted by Gasteiger charge is -2.05. The first-order chi connectivity index (χ1) is 12.7. The van der Waals surface area contributed by atoms with E-state index in [2.05, 4.69) is 15.3 Å². The molecule has 0 fully saturated rings. The first kappa shape index (κ1) is 16.2. The van der Waals surface area contributed by atoms with Gasteiger partial charge in [0.2, 0.25) is 0 Å². The predicted molar refractivity (Wildman–Crippen MR) is 98.8 cm³/mol. The maximum atomic E-state index is 13.1. The van der Waals surface area contributed by atoms with Gasteiger partial charge in [-0.2, -0.15) is 4.68 Å². The van der Waals surface area contributed by atoms with Gasteiger partial charge >= 0.3 is 0 Å². The Bertz CT molecular complexity index is 1060. The zero-order chi connectivity index (χ0) is 18.1. The molecule has 0 unspecified atom stereocenters. The molecule has 2 aromatic carbocycles. The van der Waals surface area contributed by atoms with Crippen LogP contribution in [0.2, 0.25) is 0 Å². The molecule has 0 bridgehead atoms. The van der Waals surface area contributed by atoms with E-state index in [1.54, 1.807) is 19.2 Å². The molecule has 0 amide bonds. The molecular formula is C18H14FN5OS. The highest BCUT2D eigenvalue weighted by Gasteiger charge is 2.17. The highest BCUT2D eigenvalue weighted by Crippen LogP contribution is 2.32. The van der Waals surface area contributed by atoms with Gasteiger partial charge in [-0.1, -0.05) is 11.3 Å². The zero-order valence-electron chi connectivity index (χ0n) is 13.8. The largest absolute Gasteiger partial charge is 0.497 e. The summed E-state index contributed by atoms with van der Waals surface area (Å²) in [7, 11) is 1.60. The summed E-state index contributed by atoms with van der Waals surface area (Å²) in [4.78, 5) is 4.56. The molecule has 0 aliphatic carbocycles. The molecule has 4 rings (SSSR count). The van der Waals surface area contributed by atoms with Crippen LogP contribution in [0, 0.1) is 5.82 Å². The minimum atomic E-state index is -0.283. The number of anilines is 1. The maximum absolute atomic E-state index is 13.1. The second kappa shape index (κ2) is 6.57. The highest BCUT2D eigenvalue weighted by molar-refractivity contribution is 7.13. The van der Waals surface area contributed by atoms with E-state index in [1.165, 1.54) is 28.2 Å². The SMILES string of the molecule is COc1cccc(-n2nnc(-c3nc(-c4ccc(F)cc4)cs3)c2N)c1. The van der Waals surface area contributed by atoms with Crippen LogP contribution in [0.3, 0.4) is 0 Å². The predicted octanol–water partition coefficient (Wildman–Crippen LogP) is 3.79. The molecule has 0 atom stereocenters. The van der Waals surface area contributed by atoms with Gasteiger partial charge in [0.15, 0.2) is 11.5 Å². The number of hydrogen-bond donors (Lipinski definition) is 1. The summed E-state index contributed by atoms with van der Waals surface area (Å²) in [6.07, 6.45) is 0. The molecule has 0 radical (unpaired) electrons. The number of methoxy groups -OCH3 is 1. The van der Waals surface area contributed by atoms with Crippen molar-refractivity contribution in [2.24, 2.45) is 0 Å². The number of nitrogens with zero attached hydrogens (tertiary/aromatic N) is 4. The number of aromatic nitrogens is 4. The minimum Gasteiger partial charge on any atom is -0.497 e. The topological polar surface area (TPSA) is 78.8 Å². The molecule has 26 heavy (non-hydrogen) atoms. The Morgan fingerprint density at radius 1 is 1.15 bits per heavy atom. The Morgan fingerprint density at radius 2 is 1.96 bits per heavy atom. The van der Waals surface area contributed by atoms with Crippen LogP contribution in [0.4, 0.5) is 10.2 Å². The molecule has 2 aromatic heterocycles. The molecule has 0 saturated carbocycles. The van der Waals surface area contributed by atoms with Crippen molar-refractivity contribution in [1.29, 1.82) is 0 Å². The smallest absolute Gasteiger partial charge is 0.165 e. The Balaban J connectivity index is 1.69. The lowest BCUT2D eigenvalue weighted by atomic mass is 10.2. The molecular weight excluding hydrogens is 353 g/mol. The highest BCUT2D eigenvalue weighted by atomic mass is 32.1. The third-order valence-electron chi connectivity index (χ3n) is 3.85. The van der Waals surface area contributed by atoms with Gasteiger partial charge in [-0.3, -0.25) is 0 Å².